The molecular formula is C52H76O5Si2. The molecule has 1 heterocycles. The van der Waals surface area contributed by atoms with Crippen LogP contribution in [0, 0.1) is 11.8 Å². The van der Waals surface area contributed by atoms with Crippen molar-refractivity contribution in [2.75, 3.05) is 27.4 Å². The molecule has 0 aromatic heterocycles. The van der Waals surface area contributed by atoms with Crippen molar-refractivity contribution in [3.05, 3.63) is 130 Å². The normalized spacial score (nSPS) is 17.5. The van der Waals surface area contributed by atoms with Crippen LogP contribution in [0.2, 0.25) is 33.2 Å². The summed E-state index contributed by atoms with van der Waals surface area (Å²) in [4.78, 5) is 0. The number of hydrogen-bond donors (Lipinski definition) is 0. The first kappa shape index (κ1) is 46.9. The van der Waals surface area contributed by atoms with Crippen LogP contribution in [0.5, 0.6) is 11.5 Å². The lowest BCUT2D eigenvalue weighted by Crippen LogP contribution is -2.51. The van der Waals surface area contributed by atoms with Crippen LogP contribution in [0.4, 0.5) is 0 Å². The maximum atomic E-state index is 8.00. The second-order valence-corrected chi connectivity index (χ2v) is 29.9. The van der Waals surface area contributed by atoms with Crippen molar-refractivity contribution in [2.24, 2.45) is 11.8 Å². The summed E-state index contributed by atoms with van der Waals surface area (Å²) in [6.07, 6.45) is 1.19. The van der Waals surface area contributed by atoms with E-state index in [-0.39, 0.29) is 24.0 Å². The summed E-state index contributed by atoms with van der Waals surface area (Å²) in [5.74, 6) is 1.89. The molecule has 0 saturated carbocycles. The molecule has 0 unspecified atom stereocenters. The van der Waals surface area contributed by atoms with Gasteiger partial charge in [0.05, 0.1) is 39.6 Å². The van der Waals surface area contributed by atoms with Crippen LogP contribution < -0.4 is 9.47 Å². The van der Waals surface area contributed by atoms with Crippen molar-refractivity contribution in [1.29, 1.82) is 0 Å². The minimum atomic E-state index is -2.40. The maximum absolute atomic E-state index is 8.00. The second-order valence-electron chi connectivity index (χ2n) is 19.0. The molecule has 1 fully saturated rings. The third-order valence-corrected chi connectivity index (χ3v) is 25.9. The minimum absolute atomic E-state index is 0.0426. The van der Waals surface area contributed by atoms with Crippen LogP contribution >= 0.6 is 0 Å². The molecule has 5 nitrogen and oxygen atoms in total. The number of benzene rings is 4. The highest BCUT2D eigenvalue weighted by molar-refractivity contribution is 6.78. The van der Waals surface area contributed by atoms with E-state index in [1.807, 2.05) is 0 Å². The Morgan fingerprint density at radius 1 is 0.475 bits per heavy atom. The molecule has 5 rings (SSSR count). The van der Waals surface area contributed by atoms with Crippen molar-refractivity contribution in [3.63, 3.8) is 0 Å². The van der Waals surface area contributed by atoms with Crippen LogP contribution in [-0.4, -0.2) is 44.1 Å². The minimum Gasteiger partial charge on any atom is -0.496 e. The molecule has 1 aliphatic heterocycles. The van der Waals surface area contributed by atoms with E-state index in [1.54, 1.807) is 14.2 Å². The average molecular weight is 837 g/mol. The Kier molecular flexibility index (Phi) is 16.3. The van der Waals surface area contributed by atoms with Crippen LogP contribution in [-0.2, 0) is 26.4 Å². The molecule has 4 aromatic rings. The molecule has 0 amide bonds. The quantitative estimate of drug-likeness (QED) is 0.0830. The summed E-state index contributed by atoms with van der Waals surface area (Å²) in [6.45, 7) is 29.9. The van der Waals surface area contributed by atoms with Gasteiger partial charge in [-0.1, -0.05) is 168 Å². The van der Waals surface area contributed by atoms with E-state index in [4.69, 9.17) is 23.1 Å². The fourth-order valence-electron chi connectivity index (χ4n) is 11.1. The fourth-order valence-corrected chi connectivity index (χ4v) is 22.2. The molecule has 0 radical (unpaired) electrons. The van der Waals surface area contributed by atoms with Gasteiger partial charge in [0.25, 0.3) is 0 Å². The van der Waals surface area contributed by atoms with Crippen LogP contribution in [0.1, 0.15) is 129 Å². The van der Waals surface area contributed by atoms with Gasteiger partial charge in [-0.25, -0.2) is 0 Å². The lowest BCUT2D eigenvalue weighted by atomic mass is 9.81. The zero-order valence-electron chi connectivity index (χ0n) is 38.9. The summed E-state index contributed by atoms with van der Waals surface area (Å²) in [5.41, 5.74) is 9.70. The molecule has 59 heavy (non-hydrogen) atoms. The lowest BCUT2D eigenvalue weighted by Gasteiger charge is -2.48. The van der Waals surface area contributed by atoms with E-state index in [2.05, 4.69) is 180 Å². The van der Waals surface area contributed by atoms with Crippen LogP contribution in [0.25, 0.3) is 0 Å². The first-order valence-electron chi connectivity index (χ1n) is 22.4. The molecule has 322 valence electrons. The molecule has 4 aromatic carbocycles. The lowest BCUT2D eigenvalue weighted by molar-refractivity contribution is 0.0375. The summed E-state index contributed by atoms with van der Waals surface area (Å²) in [7, 11) is -1.19. The molecule has 0 bridgehead atoms. The summed E-state index contributed by atoms with van der Waals surface area (Å²) in [5, 5.41) is 0. The smallest absolute Gasteiger partial charge is 0.201 e. The third kappa shape index (κ3) is 10.1. The van der Waals surface area contributed by atoms with Crippen molar-refractivity contribution >= 4 is 16.6 Å². The summed E-state index contributed by atoms with van der Waals surface area (Å²) in [6, 6.07) is 35.0. The molecule has 0 N–H and O–H groups in total. The van der Waals surface area contributed by atoms with Gasteiger partial charge in [0.1, 0.15) is 11.5 Å². The zero-order valence-corrected chi connectivity index (χ0v) is 40.9. The molecule has 1 aliphatic rings. The molecule has 7 heteroatoms. The Bertz CT molecular complexity index is 1710. The number of hydrogen-bond acceptors (Lipinski definition) is 5. The highest BCUT2D eigenvalue weighted by Gasteiger charge is 2.53. The first-order valence-corrected chi connectivity index (χ1v) is 26.7. The van der Waals surface area contributed by atoms with Gasteiger partial charge in [0, 0.05) is 24.7 Å². The molecule has 1 saturated heterocycles. The zero-order chi connectivity index (χ0) is 43.1. The Morgan fingerprint density at radius 2 is 0.797 bits per heavy atom. The summed E-state index contributed by atoms with van der Waals surface area (Å²) >= 11 is 0. The van der Waals surface area contributed by atoms with Gasteiger partial charge in [0.15, 0.2) is 0 Å². The first-order chi connectivity index (χ1) is 28.1. The van der Waals surface area contributed by atoms with E-state index >= 15 is 0 Å². The van der Waals surface area contributed by atoms with Crippen molar-refractivity contribution in [1.82, 2.24) is 0 Å². The Hall–Kier alpha value is -3.21. The molecule has 0 spiro atoms. The SMILES string of the molecule is COc1cc([C@@H](O[Si](C(C)C)(C(C)C)C(C)C)[C@H]2COC[C@@H]2[C@H](O[Si](C(C)C)(C(C)C)C(C)C)c2ccc(Cc3ccccc3)c(OC)c2)ccc1Cc1ccccc1. The van der Waals surface area contributed by atoms with Crippen molar-refractivity contribution in [2.45, 2.75) is 141 Å². The van der Waals surface area contributed by atoms with Crippen LogP contribution in [0.3, 0.4) is 0 Å². The van der Waals surface area contributed by atoms with E-state index in [0.29, 0.717) is 46.5 Å². The molecule has 4 atom stereocenters. The highest BCUT2D eigenvalue weighted by Crippen LogP contribution is 2.54. The van der Waals surface area contributed by atoms with Gasteiger partial charge in [-0.3, -0.25) is 0 Å². The number of rotatable bonds is 20. The second kappa shape index (κ2) is 20.6. The van der Waals surface area contributed by atoms with Crippen LogP contribution in [0.15, 0.2) is 97.1 Å². The van der Waals surface area contributed by atoms with Gasteiger partial charge in [-0.15, -0.1) is 0 Å². The van der Waals surface area contributed by atoms with Gasteiger partial charge in [-0.2, -0.15) is 0 Å². The predicted octanol–water partition coefficient (Wildman–Crippen LogP) is 14.3. The van der Waals surface area contributed by atoms with Gasteiger partial charge in [0.2, 0.25) is 16.6 Å². The van der Waals surface area contributed by atoms with Gasteiger partial charge < -0.3 is 23.1 Å². The third-order valence-electron chi connectivity index (χ3n) is 13.8. The molecular weight excluding hydrogens is 761 g/mol. The van der Waals surface area contributed by atoms with E-state index in [9.17, 15) is 0 Å². The van der Waals surface area contributed by atoms with Gasteiger partial charge >= 0.3 is 0 Å². The Morgan fingerprint density at radius 3 is 1.08 bits per heavy atom. The summed E-state index contributed by atoms with van der Waals surface area (Å²) < 4.78 is 35.1. The monoisotopic (exact) mass is 837 g/mol. The van der Waals surface area contributed by atoms with E-state index in [0.717, 1.165) is 35.5 Å². The van der Waals surface area contributed by atoms with Crippen molar-refractivity contribution in [3.8, 4) is 11.5 Å². The van der Waals surface area contributed by atoms with E-state index < -0.39 is 16.6 Å². The molecule has 0 aliphatic carbocycles. The maximum Gasteiger partial charge on any atom is 0.201 e. The average Bonchev–Trinajstić information content (AvgIpc) is 3.68. The van der Waals surface area contributed by atoms with E-state index in [1.165, 1.54) is 22.3 Å². The largest absolute Gasteiger partial charge is 0.496 e. The predicted molar refractivity (Wildman–Crippen MR) is 252 cm³/mol. The Balaban J connectivity index is 1.70. The number of methoxy groups -OCH3 is 2. The topological polar surface area (TPSA) is 46.2 Å². The van der Waals surface area contributed by atoms with Gasteiger partial charge in [-0.05, 0) is 78.8 Å². The Labute approximate surface area is 360 Å². The van der Waals surface area contributed by atoms with Crippen molar-refractivity contribution < 1.29 is 23.1 Å². The number of ether oxygens (including phenoxy) is 3. The highest BCUT2D eigenvalue weighted by atomic mass is 28.4. The fraction of sp³-hybridized carbons (Fsp3) is 0.538. The standard InChI is InChI=1S/C52H76O5Si2/c1-35(2)58(36(3)4,37(5)6)56-51(45-27-25-43(49(31-45)53-13)29-41-21-17-15-18-22-41)47-33-55-34-48(47)52(57-59(38(7)8,39(9)10)40(11)12)46-28-26-44(50(32-46)54-14)30-42-23-19-16-20-24-42/h15-28,31-32,35-40,47-48,51-52H,29-30,33-34H2,1-14H3/t47-,48-,51+,52+/m0/s1.